The minimum absolute atomic E-state index is 0.0719. The maximum absolute atomic E-state index is 10.9. The molecule has 0 amide bonds. The molecule has 1 rings (SSSR count). The molecule has 0 aliphatic heterocycles. The van der Waals surface area contributed by atoms with Crippen LogP contribution in [0, 0.1) is 10.1 Å². The van der Waals surface area contributed by atoms with Crippen LogP contribution in [-0.4, -0.2) is 37.0 Å². The topological polar surface area (TPSA) is 58.4 Å². The summed E-state index contributed by atoms with van der Waals surface area (Å²) in [6, 6.07) is 4.75. The van der Waals surface area contributed by atoms with Crippen molar-refractivity contribution in [3.63, 3.8) is 0 Å². The lowest BCUT2D eigenvalue weighted by Gasteiger charge is -2.10. The molecule has 1 aromatic rings. The van der Waals surface area contributed by atoms with Gasteiger partial charge in [0.15, 0.2) is 0 Å². The quantitative estimate of drug-likeness (QED) is 0.470. The number of halogens is 1. The summed E-state index contributed by atoms with van der Waals surface area (Å²) >= 11 is 5.75. The number of benzene rings is 1. The van der Waals surface area contributed by atoms with Gasteiger partial charge in [0.2, 0.25) is 0 Å². The first kappa shape index (κ1) is 14.9. The standard InChI is InChI=1S/C12H18ClN3O2/c1-15(2)7-3-6-14-9-10-4-5-11(13)8-12(10)16(17)18/h4-5,8,14H,3,6-7,9H2,1-2H3. The number of hydrogen-bond donors (Lipinski definition) is 1. The molecule has 18 heavy (non-hydrogen) atoms. The fourth-order valence-electron chi connectivity index (χ4n) is 1.60. The Hall–Kier alpha value is -1.17. The van der Waals surface area contributed by atoms with E-state index in [0.717, 1.165) is 19.5 Å². The zero-order chi connectivity index (χ0) is 13.5. The SMILES string of the molecule is CN(C)CCCNCc1ccc(Cl)cc1[N+](=O)[O-]. The van der Waals surface area contributed by atoms with Crippen molar-refractivity contribution in [1.29, 1.82) is 0 Å². The molecule has 6 heteroatoms. The van der Waals surface area contributed by atoms with Crippen LogP contribution < -0.4 is 5.32 Å². The van der Waals surface area contributed by atoms with Gasteiger partial charge in [-0.2, -0.15) is 0 Å². The number of nitro groups is 1. The number of nitrogens with one attached hydrogen (secondary N) is 1. The van der Waals surface area contributed by atoms with Gasteiger partial charge in [0.05, 0.1) is 4.92 Å². The summed E-state index contributed by atoms with van der Waals surface area (Å²) < 4.78 is 0. The van der Waals surface area contributed by atoms with Crippen LogP contribution >= 0.6 is 11.6 Å². The van der Waals surface area contributed by atoms with Gasteiger partial charge in [0.25, 0.3) is 5.69 Å². The summed E-state index contributed by atoms with van der Waals surface area (Å²) in [5, 5.41) is 14.4. The summed E-state index contributed by atoms with van der Waals surface area (Å²) in [7, 11) is 4.04. The zero-order valence-corrected chi connectivity index (χ0v) is 11.4. The molecule has 0 bridgehead atoms. The minimum atomic E-state index is -0.400. The lowest BCUT2D eigenvalue weighted by Crippen LogP contribution is -2.21. The van der Waals surface area contributed by atoms with E-state index in [0.29, 0.717) is 17.1 Å². The van der Waals surface area contributed by atoms with Crippen LogP contribution in [0.1, 0.15) is 12.0 Å². The third-order valence-electron chi connectivity index (χ3n) is 2.52. The average Bonchev–Trinajstić information content (AvgIpc) is 2.29. The Morgan fingerprint density at radius 1 is 1.44 bits per heavy atom. The molecule has 0 atom stereocenters. The molecule has 0 aliphatic carbocycles. The second-order valence-corrected chi connectivity index (χ2v) is 4.80. The van der Waals surface area contributed by atoms with Crippen molar-refractivity contribution in [2.75, 3.05) is 27.2 Å². The summed E-state index contributed by atoms with van der Waals surface area (Å²) in [5.74, 6) is 0. The van der Waals surface area contributed by atoms with E-state index in [1.54, 1.807) is 12.1 Å². The van der Waals surface area contributed by atoms with Crippen molar-refractivity contribution in [2.24, 2.45) is 0 Å². The van der Waals surface area contributed by atoms with Crippen molar-refractivity contribution < 1.29 is 4.92 Å². The second-order valence-electron chi connectivity index (χ2n) is 4.36. The summed E-state index contributed by atoms with van der Waals surface area (Å²) in [4.78, 5) is 12.6. The largest absolute Gasteiger partial charge is 0.312 e. The molecule has 1 aromatic carbocycles. The Morgan fingerprint density at radius 2 is 2.17 bits per heavy atom. The second kappa shape index (κ2) is 7.31. The van der Waals surface area contributed by atoms with Crippen LogP contribution in [0.5, 0.6) is 0 Å². The predicted octanol–water partition coefficient (Wildman–Crippen LogP) is 2.29. The van der Waals surface area contributed by atoms with Crippen LogP contribution in [0.3, 0.4) is 0 Å². The highest BCUT2D eigenvalue weighted by atomic mass is 35.5. The Bertz CT molecular complexity index is 410. The lowest BCUT2D eigenvalue weighted by atomic mass is 10.2. The van der Waals surface area contributed by atoms with Crippen LogP contribution in [0.2, 0.25) is 5.02 Å². The highest BCUT2D eigenvalue weighted by Crippen LogP contribution is 2.22. The fraction of sp³-hybridized carbons (Fsp3) is 0.500. The Labute approximate surface area is 112 Å². The van der Waals surface area contributed by atoms with Gasteiger partial charge in [0.1, 0.15) is 0 Å². The van der Waals surface area contributed by atoms with E-state index in [2.05, 4.69) is 10.2 Å². The molecule has 1 N–H and O–H groups in total. The smallest absolute Gasteiger partial charge is 0.275 e. The monoisotopic (exact) mass is 271 g/mol. The van der Waals surface area contributed by atoms with Crippen molar-refractivity contribution >= 4 is 17.3 Å². The molecule has 0 unspecified atom stereocenters. The molecule has 100 valence electrons. The van der Waals surface area contributed by atoms with Crippen LogP contribution in [0.4, 0.5) is 5.69 Å². The van der Waals surface area contributed by atoms with Gasteiger partial charge in [-0.1, -0.05) is 11.6 Å². The van der Waals surface area contributed by atoms with E-state index in [4.69, 9.17) is 11.6 Å². The van der Waals surface area contributed by atoms with Crippen molar-refractivity contribution in [3.05, 3.63) is 38.9 Å². The molecule has 0 fully saturated rings. The zero-order valence-electron chi connectivity index (χ0n) is 10.6. The van der Waals surface area contributed by atoms with Crippen LogP contribution in [0.25, 0.3) is 0 Å². The molecule has 0 radical (unpaired) electrons. The average molecular weight is 272 g/mol. The molecule has 0 aliphatic rings. The molecule has 5 nitrogen and oxygen atoms in total. The molecular formula is C12H18ClN3O2. The fourth-order valence-corrected chi connectivity index (χ4v) is 1.77. The van der Waals surface area contributed by atoms with Gasteiger partial charge < -0.3 is 10.2 Å². The van der Waals surface area contributed by atoms with E-state index >= 15 is 0 Å². The number of nitro benzene ring substituents is 1. The highest BCUT2D eigenvalue weighted by Gasteiger charge is 2.13. The van der Waals surface area contributed by atoms with Crippen molar-refractivity contribution in [1.82, 2.24) is 10.2 Å². The van der Waals surface area contributed by atoms with Crippen molar-refractivity contribution in [2.45, 2.75) is 13.0 Å². The van der Waals surface area contributed by atoms with Gasteiger partial charge in [0, 0.05) is 23.2 Å². The molecule has 0 saturated heterocycles. The van der Waals surface area contributed by atoms with E-state index in [-0.39, 0.29) is 5.69 Å². The maximum atomic E-state index is 10.9. The molecule has 0 saturated carbocycles. The van der Waals surface area contributed by atoms with Crippen molar-refractivity contribution in [3.8, 4) is 0 Å². The van der Waals surface area contributed by atoms with Crippen LogP contribution in [0.15, 0.2) is 18.2 Å². The van der Waals surface area contributed by atoms with E-state index in [1.807, 2.05) is 14.1 Å². The molecule has 0 spiro atoms. The summed E-state index contributed by atoms with van der Waals surface area (Å²) in [5.41, 5.74) is 0.733. The normalized spacial score (nSPS) is 10.9. The van der Waals surface area contributed by atoms with Gasteiger partial charge >= 0.3 is 0 Å². The number of rotatable bonds is 7. The Kier molecular flexibility index (Phi) is 6.04. The van der Waals surface area contributed by atoms with Crippen LogP contribution in [-0.2, 0) is 6.54 Å². The van der Waals surface area contributed by atoms with Gasteiger partial charge in [-0.05, 0) is 45.7 Å². The number of hydrogen-bond acceptors (Lipinski definition) is 4. The summed E-state index contributed by atoms with van der Waals surface area (Å²) in [6.45, 7) is 2.31. The Balaban J connectivity index is 2.49. The summed E-state index contributed by atoms with van der Waals surface area (Å²) in [6.07, 6.45) is 1.01. The third-order valence-corrected chi connectivity index (χ3v) is 2.75. The van der Waals surface area contributed by atoms with E-state index in [9.17, 15) is 10.1 Å². The maximum Gasteiger partial charge on any atom is 0.275 e. The predicted molar refractivity (Wildman–Crippen MR) is 73.0 cm³/mol. The van der Waals surface area contributed by atoms with Gasteiger partial charge in [-0.25, -0.2) is 0 Å². The first-order valence-electron chi connectivity index (χ1n) is 5.79. The number of nitrogens with zero attached hydrogens (tertiary/aromatic N) is 2. The van der Waals surface area contributed by atoms with E-state index in [1.165, 1.54) is 6.07 Å². The van der Waals surface area contributed by atoms with E-state index < -0.39 is 4.92 Å². The first-order chi connectivity index (χ1) is 8.50. The molecular weight excluding hydrogens is 254 g/mol. The Morgan fingerprint density at radius 3 is 2.78 bits per heavy atom. The minimum Gasteiger partial charge on any atom is -0.312 e. The lowest BCUT2D eigenvalue weighted by molar-refractivity contribution is -0.385. The van der Waals surface area contributed by atoms with Gasteiger partial charge in [-0.3, -0.25) is 10.1 Å². The highest BCUT2D eigenvalue weighted by molar-refractivity contribution is 6.30. The third kappa shape index (κ3) is 5.00. The first-order valence-corrected chi connectivity index (χ1v) is 6.17. The van der Waals surface area contributed by atoms with Gasteiger partial charge in [-0.15, -0.1) is 0 Å². The molecule has 0 aromatic heterocycles. The molecule has 0 heterocycles.